The molecule has 0 aliphatic carbocycles. The van der Waals surface area contributed by atoms with Crippen LogP contribution in [-0.2, 0) is 17.6 Å². The minimum atomic E-state index is -0.796. The summed E-state index contributed by atoms with van der Waals surface area (Å²) in [5.41, 5.74) is 2.27. The van der Waals surface area contributed by atoms with Gasteiger partial charge in [0.05, 0.1) is 0 Å². The molecule has 0 heterocycles. The quantitative estimate of drug-likeness (QED) is 0.786. The van der Waals surface area contributed by atoms with Gasteiger partial charge in [0.1, 0.15) is 6.04 Å². The fourth-order valence-corrected chi connectivity index (χ4v) is 2.57. The van der Waals surface area contributed by atoms with E-state index in [1.807, 2.05) is 48.5 Å². The number of carboxylic acids is 1. The van der Waals surface area contributed by atoms with Crippen molar-refractivity contribution in [3.05, 3.63) is 71.8 Å². The van der Waals surface area contributed by atoms with Crippen LogP contribution in [0, 0.1) is 0 Å². The lowest BCUT2D eigenvalue weighted by atomic mass is 10.0. The molecule has 0 amide bonds. The summed E-state index contributed by atoms with van der Waals surface area (Å²) in [7, 11) is 0. The molecule has 0 aliphatic rings. The number of hydrogen-bond donors (Lipinski definition) is 2. The number of carboxylic acid groups (broad SMARTS) is 1. The van der Waals surface area contributed by atoms with Crippen molar-refractivity contribution in [1.29, 1.82) is 0 Å². The van der Waals surface area contributed by atoms with Crippen LogP contribution in [0.4, 0.5) is 0 Å². The molecule has 0 saturated heterocycles. The first-order valence-corrected chi connectivity index (χ1v) is 7.75. The number of carbonyl (C=O) groups is 1. The summed E-state index contributed by atoms with van der Waals surface area (Å²) >= 11 is 0. The van der Waals surface area contributed by atoms with Gasteiger partial charge in [-0.05, 0) is 30.4 Å². The molecule has 3 heteroatoms. The summed E-state index contributed by atoms with van der Waals surface area (Å²) < 4.78 is 0. The summed E-state index contributed by atoms with van der Waals surface area (Å²) in [4.78, 5) is 11.5. The molecule has 1 unspecified atom stereocenters. The Morgan fingerprint density at radius 3 is 1.91 bits per heavy atom. The minimum absolute atomic E-state index is 0.159. The van der Waals surface area contributed by atoms with Gasteiger partial charge in [0.2, 0.25) is 0 Å². The molecule has 2 N–H and O–H groups in total. The van der Waals surface area contributed by atoms with Crippen molar-refractivity contribution in [2.75, 3.05) is 0 Å². The van der Waals surface area contributed by atoms with Crippen molar-refractivity contribution in [3.63, 3.8) is 0 Å². The molecule has 22 heavy (non-hydrogen) atoms. The van der Waals surface area contributed by atoms with Gasteiger partial charge in [-0.25, -0.2) is 0 Å². The number of nitrogens with one attached hydrogen (secondary N) is 1. The lowest BCUT2D eigenvalue weighted by Crippen LogP contribution is -2.45. The molecule has 0 bridgehead atoms. The molecule has 2 atom stereocenters. The molecule has 2 rings (SSSR count). The molecule has 0 spiro atoms. The van der Waals surface area contributed by atoms with E-state index < -0.39 is 12.0 Å². The van der Waals surface area contributed by atoms with Crippen LogP contribution in [0.15, 0.2) is 60.7 Å². The van der Waals surface area contributed by atoms with E-state index in [9.17, 15) is 9.90 Å². The zero-order chi connectivity index (χ0) is 15.8. The fourth-order valence-electron chi connectivity index (χ4n) is 2.57. The first kappa shape index (κ1) is 16.2. The second-order valence-corrected chi connectivity index (χ2v) is 5.54. The number of benzene rings is 2. The SMILES string of the molecule is CCC(Cc1ccccc1)N[C@@H](Cc1ccccc1)C(=O)O. The highest BCUT2D eigenvalue weighted by Gasteiger charge is 2.21. The normalized spacial score (nSPS) is 13.5. The summed E-state index contributed by atoms with van der Waals surface area (Å²) in [5, 5.41) is 12.8. The Morgan fingerprint density at radius 1 is 0.955 bits per heavy atom. The van der Waals surface area contributed by atoms with E-state index in [-0.39, 0.29) is 6.04 Å². The van der Waals surface area contributed by atoms with Crippen LogP contribution in [0.1, 0.15) is 24.5 Å². The van der Waals surface area contributed by atoms with E-state index in [1.165, 1.54) is 5.56 Å². The van der Waals surface area contributed by atoms with Crippen molar-refractivity contribution in [2.45, 2.75) is 38.3 Å². The van der Waals surface area contributed by atoms with Gasteiger partial charge < -0.3 is 10.4 Å². The van der Waals surface area contributed by atoms with E-state index in [4.69, 9.17) is 0 Å². The number of rotatable bonds is 8. The van der Waals surface area contributed by atoms with Crippen molar-refractivity contribution >= 4 is 5.97 Å². The average molecular weight is 297 g/mol. The third kappa shape index (κ3) is 5.01. The Bertz CT molecular complexity index is 569. The van der Waals surface area contributed by atoms with Gasteiger partial charge in [-0.15, -0.1) is 0 Å². The fraction of sp³-hybridized carbons (Fsp3) is 0.316. The smallest absolute Gasteiger partial charge is 0.321 e. The van der Waals surface area contributed by atoms with E-state index in [2.05, 4.69) is 24.4 Å². The molecule has 0 saturated carbocycles. The Labute approximate surface area is 132 Å². The largest absolute Gasteiger partial charge is 0.480 e. The minimum Gasteiger partial charge on any atom is -0.480 e. The Hall–Kier alpha value is -2.13. The van der Waals surface area contributed by atoms with Gasteiger partial charge in [-0.3, -0.25) is 4.79 Å². The van der Waals surface area contributed by atoms with E-state index in [0.717, 1.165) is 18.4 Å². The summed E-state index contributed by atoms with van der Waals surface area (Å²) in [5.74, 6) is -0.796. The molecule has 116 valence electrons. The van der Waals surface area contributed by atoms with Crippen molar-refractivity contribution < 1.29 is 9.90 Å². The third-order valence-corrected chi connectivity index (χ3v) is 3.84. The lowest BCUT2D eigenvalue weighted by Gasteiger charge is -2.22. The van der Waals surface area contributed by atoms with Gasteiger partial charge in [-0.2, -0.15) is 0 Å². The predicted octanol–water partition coefficient (Wildman–Crippen LogP) is 3.29. The van der Waals surface area contributed by atoms with Gasteiger partial charge in [-0.1, -0.05) is 67.6 Å². The first-order chi connectivity index (χ1) is 10.7. The zero-order valence-electron chi connectivity index (χ0n) is 12.9. The Kier molecular flexibility index (Phi) is 6.16. The number of hydrogen-bond acceptors (Lipinski definition) is 2. The highest BCUT2D eigenvalue weighted by Crippen LogP contribution is 2.09. The monoisotopic (exact) mass is 297 g/mol. The van der Waals surface area contributed by atoms with Gasteiger partial charge in [0.25, 0.3) is 0 Å². The van der Waals surface area contributed by atoms with Crippen LogP contribution < -0.4 is 5.32 Å². The summed E-state index contributed by atoms with van der Waals surface area (Å²) in [6.45, 7) is 2.09. The molecular weight excluding hydrogens is 274 g/mol. The van der Waals surface area contributed by atoms with Gasteiger partial charge in [0, 0.05) is 6.04 Å². The van der Waals surface area contributed by atoms with E-state index in [1.54, 1.807) is 0 Å². The molecule has 0 radical (unpaired) electrons. The van der Waals surface area contributed by atoms with Crippen LogP contribution in [0.25, 0.3) is 0 Å². The maximum atomic E-state index is 11.5. The van der Waals surface area contributed by atoms with Crippen LogP contribution in [-0.4, -0.2) is 23.2 Å². The van der Waals surface area contributed by atoms with Crippen LogP contribution in [0.2, 0.25) is 0 Å². The zero-order valence-corrected chi connectivity index (χ0v) is 12.9. The molecular formula is C19H23NO2. The highest BCUT2D eigenvalue weighted by atomic mass is 16.4. The van der Waals surface area contributed by atoms with E-state index >= 15 is 0 Å². The van der Waals surface area contributed by atoms with Crippen molar-refractivity contribution in [1.82, 2.24) is 5.32 Å². The Morgan fingerprint density at radius 2 is 1.45 bits per heavy atom. The molecule has 0 fully saturated rings. The molecule has 2 aromatic carbocycles. The van der Waals surface area contributed by atoms with Gasteiger partial charge in [0.15, 0.2) is 0 Å². The molecule has 3 nitrogen and oxygen atoms in total. The van der Waals surface area contributed by atoms with Crippen LogP contribution in [0.3, 0.4) is 0 Å². The third-order valence-electron chi connectivity index (χ3n) is 3.84. The Balaban J connectivity index is 2.00. The average Bonchev–Trinajstić information content (AvgIpc) is 2.55. The standard InChI is InChI=1S/C19H23NO2/c1-2-17(13-15-9-5-3-6-10-15)20-18(19(21)22)14-16-11-7-4-8-12-16/h3-12,17-18,20H,2,13-14H2,1H3,(H,21,22)/t17?,18-/m0/s1. The lowest BCUT2D eigenvalue weighted by molar-refractivity contribution is -0.139. The molecule has 0 aromatic heterocycles. The summed E-state index contributed by atoms with van der Waals surface area (Å²) in [6, 6.07) is 19.5. The number of aliphatic carboxylic acids is 1. The van der Waals surface area contributed by atoms with Crippen molar-refractivity contribution in [3.8, 4) is 0 Å². The topological polar surface area (TPSA) is 49.3 Å². The van der Waals surface area contributed by atoms with Crippen LogP contribution in [0.5, 0.6) is 0 Å². The highest BCUT2D eigenvalue weighted by molar-refractivity contribution is 5.74. The molecule has 2 aromatic rings. The first-order valence-electron chi connectivity index (χ1n) is 7.75. The second-order valence-electron chi connectivity index (χ2n) is 5.54. The summed E-state index contributed by atoms with van der Waals surface area (Å²) in [6.07, 6.45) is 2.24. The van der Waals surface area contributed by atoms with Crippen LogP contribution >= 0.6 is 0 Å². The predicted molar refractivity (Wildman–Crippen MR) is 88.9 cm³/mol. The molecule has 0 aliphatic heterocycles. The van der Waals surface area contributed by atoms with Crippen molar-refractivity contribution in [2.24, 2.45) is 0 Å². The second kappa shape index (κ2) is 8.35. The van der Waals surface area contributed by atoms with E-state index in [0.29, 0.717) is 6.42 Å². The maximum absolute atomic E-state index is 11.5. The van der Waals surface area contributed by atoms with Gasteiger partial charge >= 0.3 is 5.97 Å². The maximum Gasteiger partial charge on any atom is 0.321 e.